The minimum atomic E-state index is 0.119. The molecule has 0 atom stereocenters. The zero-order chi connectivity index (χ0) is 21.7. The van der Waals surface area contributed by atoms with Crippen LogP contribution < -0.4 is 19.1 Å². The molecule has 0 aliphatic carbocycles. The minimum Gasteiger partial charge on any atom is -0.493 e. The lowest BCUT2D eigenvalue weighted by Crippen LogP contribution is -3.13. The largest absolute Gasteiger partial charge is 0.493 e. The van der Waals surface area contributed by atoms with E-state index in [2.05, 4.69) is 26.0 Å². The van der Waals surface area contributed by atoms with E-state index in [1.54, 1.807) is 21.3 Å². The molecule has 0 radical (unpaired) electrons. The number of rotatable bonds is 7. The van der Waals surface area contributed by atoms with Gasteiger partial charge >= 0.3 is 0 Å². The molecule has 2 aromatic carbocycles. The molecule has 0 unspecified atom stereocenters. The maximum Gasteiger partial charge on any atom is 0.254 e. The zero-order valence-corrected chi connectivity index (χ0v) is 18.7. The average Bonchev–Trinajstić information content (AvgIpc) is 2.78. The summed E-state index contributed by atoms with van der Waals surface area (Å²) in [6.45, 7) is 8.42. The molecule has 1 amide bonds. The van der Waals surface area contributed by atoms with E-state index < -0.39 is 0 Å². The fraction of sp³-hybridized carbons (Fsp3) is 0.458. The predicted molar refractivity (Wildman–Crippen MR) is 117 cm³/mol. The highest BCUT2D eigenvalue weighted by atomic mass is 16.5. The van der Waals surface area contributed by atoms with E-state index in [9.17, 15) is 4.79 Å². The van der Waals surface area contributed by atoms with E-state index in [1.807, 2.05) is 29.2 Å². The van der Waals surface area contributed by atoms with Crippen LogP contribution in [0.15, 0.2) is 36.4 Å². The summed E-state index contributed by atoms with van der Waals surface area (Å²) in [5, 5.41) is 0. The van der Waals surface area contributed by atoms with Gasteiger partial charge in [-0.3, -0.25) is 4.79 Å². The highest BCUT2D eigenvalue weighted by Crippen LogP contribution is 2.39. The van der Waals surface area contributed by atoms with Crippen LogP contribution >= 0.6 is 0 Å². The summed E-state index contributed by atoms with van der Waals surface area (Å²) in [7, 11) is 4.89. The van der Waals surface area contributed by atoms with E-state index in [0.29, 0.717) is 23.2 Å². The molecule has 0 bridgehead atoms. The first-order chi connectivity index (χ1) is 14.5. The van der Waals surface area contributed by atoms with Crippen molar-refractivity contribution < 1.29 is 23.9 Å². The molecule has 3 rings (SSSR count). The van der Waals surface area contributed by atoms with Gasteiger partial charge < -0.3 is 24.0 Å². The fourth-order valence-corrected chi connectivity index (χ4v) is 3.97. The van der Waals surface area contributed by atoms with Gasteiger partial charge in [-0.2, -0.15) is 0 Å². The first-order valence-electron chi connectivity index (χ1n) is 10.5. The van der Waals surface area contributed by atoms with Crippen molar-refractivity contribution in [2.75, 3.05) is 47.5 Å². The number of benzene rings is 2. The summed E-state index contributed by atoms with van der Waals surface area (Å²) in [5.41, 5.74) is 3.10. The van der Waals surface area contributed by atoms with Crippen LogP contribution in [0.4, 0.5) is 0 Å². The number of methoxy groups -OCH3 is 3. The molecular formula is C24H33N2O4+. The standard InChI is InChI=1S/C24H32N2O4/c1-17(2)18-6-8-19(9-7-18)24(27)26-14-12-25(13-15-26)16-20-10-11-21(28-3)23(30-5)22(20)29-4/h6-11,17H,12-16H2,1-5H3/p+1. The third kappa shape index (κ3) is 4.70. The first-order valence-corrected chi connectivity index (χ1v) is 10.5. The summed E-state index contributed by atoms with van der Waals surface area (Å²) in [6, 6.07) is 12.0. The quantitative estimate of drug-likeness (QED) is 0.757. The lowest BCUT2D eigenvalue weighted by molar-refractivity contribution is -0.917. The van der Waals surface area contributed by atoms with Crippen LogP contribution in [0, 0.1) is 0 Å². The van der Waals surface area contributed by atoms with E-state index in [0.717, 1.165) is 43.9 Å². The van der Waals surface area contributed by atoms with Gasteiger partial charge in [0.05, 0.1) is 53.1 Å². The summed E-state index contributed by atoms with van der Waals surface area (Å²) in [4.78, 5) is 16.2. The zero-order valence-electron chi connectivity index (χ0n) is 18.7. The van der Waals surface area contributed by atoms with E-state index >= 15 is 0 Å². The van der Waals surface area contributed by atoms with Crippen LogP contribution in [0.2, 0.25) is 0 Å². The van der Waals surface area contributed by atoms with Gasteiger partial charge in [0, 0.05) is 5.56 Å². The number of nitrogens with zero attached hydrogens (tertiary/aromatic N) is 1. The molecule has 30 heavy (non-hydrogen) atoms. The Hall–Kier alpha value is -2.73. The molecule has 1 fully saturated rings. The van der Waals surface area contributed by atoms with Crippen LogP contribution in [0.25, 0.3) is 0 Å². The Morgan fingerprint density at radius 3 is 2.10 bits per heavy atom. The Morgan fingerprint density at radius 1 is 0.933 bits per heavy atom. The monoisotopic (exact) mass is 413 g/mol. The number of hydrogen-bond acceptors (Lipinski definition) is 4. The van der Waals surface area contributed by atoms with Gasteiger partial charge in [-0.05, 0) is 35.7 Å². The van der Waals surface area contributed by atoms with Crippen molar-refractivity contribution in [3.8, 4) is 17.2 Å². The average molecular weight is 414 g/mol. The van der Waals surface area contributed by atoms with Gasteiger partial charge in [-0.1, -0.05) is 26.0 Å². The second kappa shape index (κ2) is 9.85. The normalized spacial score (nSPS) is 14.7. The molecule has 1 heterocycles. The lowest BCUT2D eigenvalue weighted by Gasteiger charge is -2.32. The van der Waals surface area contributed by atoms with Crippen molar-refractivity contribution >= 4 is 5.91 Å². The third-order valence-corrected chi connectivity index (χ3v) is 5.81. The number of piperazine rings is 1. The Balaban J connectivity index is 1.63. The van der Waals surface area contributed by atoms with Crippen molar-refractivity contribution in [3.05, 3.63) is 53.1 Å². The van der Waals surface area contributed by atoms with Crippen LogP contribution in [0.3, 0.4) is 0 Å². The number of carbonyl (C=O) groups excluding carboxylic acids is 1. The topological polar surface area (TPSA) is 52.4 Å². The molecule has 1 aliphatic heterocycles. The van der Waals surface area contributed by atoms with E-state index in [4.69, 9.17) is 14.2 Å². The van der Waals surface area contributed by atoms with Crippen LogP contribution in [0.5, 0.6) is 17.2 Å². The number of carbonyl (C=O) groups is 1. The van der Waals surface area contributed by atoms with E-state index in [1.165, 1.54) is 10.5 Å². The summed E-state index contributed by atoms with van der Waals surface area (Å²) < 4.78 is 16.5. The predicted octanol–water partition coefficient (Wildman–Crippen LogP) is 2.38. The van der Waals surface area contributed by atoms with Crippen molar-refractivity contribution in [1.29, 1.82) is 0 Å². The fourth-order valence-electron chi connectivity index (χ4n) is 3.97. The van der Waals surface area contributed by atoms with Gasteiger partial charge in [0.25, 0.3) is 5.91 Å². The Morgan fingerprint density at radius 2 is 1.57 bits per heavy atom. The van der Waals surface area contributed by atoms with Gasteiger partial charge in [-0.15, -0.1) is 0 Å². The van der Waals surface area contributed by atoms with E-state index in [-0.39, 0.29) is 5.91 Å². The van der Waals surface area contributed by atoms with Crippen molar-refractivity contribution in [1.82, 2.24) is 4.90 Å². The van der Waals surface area contributed by atoms with Crippen LogP contribution in [-0.4, -0.2) is 58.3 Å². The Kier molecular flexibility index (Phi) is 7.21. The molecule has 1 aliphatic rings. The van der Waals surface area contributed by atoms with Crippen LogP contribution in [-0.2, 0) is 6.54 Å². The maximum absolute atomic E-state index is 12.9. The second-order valence-corrected chi connectivity index (χ2v) is 7.99. The van der Waals surface area contributed by atoms with Crippen LogP contribution in [0.1, 0.15) is 41.3 Å². The lowest BCUT2D eigenvalue weighted by atomic mass is 10.0. The molecule has 0 spiro atoms. The molecular weight excluding hydrogens is 380 g/mol. The molecule has 162 valence electrons. The summed E-state index contributed by atoms with van der Waals surface area (Å²) in [6.07, 6.45) is 0. The van der Waals surface area contributed by atoms with Gasteiger partial charge in [0.15, 0.2) is 11.5 Å². The van der Waals surface area contributed by atoms with Crippen molar-refractivity contribution in [2.24, 2.45) is 0 Å². The van der Waals surface area contributed by atoms with Gasteiger partial charge in [0.1, 0.15) is 6.54 Å². The summed E-state index contributed by atoms with van der Waals surface area (Å²) >= 11 is 0. The molecule has 2 aromatic rings. The Labute approximate surface area is 179 Å². The van der Waals surface area contributed by atoms with Gasteiger partial charge in [-0.25, -0.2) is 0 Å². The smallest absolute Gasteiger partial charge is 0.254 e. The minimum absolute atomic E-state index is 0.119. The van der Waals surface area contributed by atoms with Crippen molar-refractivity contribution in [2.45, 2.75) is 26.3 Å². The number of amides is 1. The molecule has 1 N–H and O–H groups in total. The molecule has 0 aromatic heterocycles. The number of quaternary nitrogens is 1. The number of hydrogen-bond donors (Lipinski definition) is 1. The number of ether oxygens (including phenoxy) is 3. The SMILES string of the molecule is COc1ccc(C[NH+]2CCN(C(=O)c3ccc(C(C)C)cc3)CC2)c(OC)c1OC. The summed E-state index contributed by atoms with van der Waals surface area (Å²) in [5.74, 6) is 2.58. The highest BCUT2D eigenvalue weighted by molar-refractivity contribution is 5.94. The molecule has 0 saturated carbocycles. The molecule has 6 heteroatoms. The molecule has 1 saturated heterocycles. The highest BCUT2D eigenvalue weighted by Gasteiger charge is 2.26. The maximum atomic E-state index is 12.9. The first kappa shape index (κ1) is 22.0. The third-order valence-electron chi connectivity index (χ3n) is 5.81. The number of nitrogens with one attached hydrogen (secondary N) is 1. The second-order valence-electron chi connectivity index (χ2n) is 7.99. The van der Waals surface area contributed by atoms with Gasteiger partial charge in [0.2, 0.25) is 5.75 Å². The molecule has 6 nitrogen and oxygen atoms in total. The van der Waals surface area contributed by atoms with Crippen molar-refractivity contribution in [3.63, 3.8) is 0 Å². The Bertz CT molecular complexity index is 856.